The van der Waals surface area contributed by atoms with Gasteiger partial charge in [0.05, 0.1) is 25.5 Å². The molecule has 3 amide bonds. The molecule has 0 fully saturated rings. The lowest BCUT2D eigenvalue weighted by Crippen LogP contribution is -2.38. The van der Waals surface area contributed by atoms with E-state index in [-0.39, 0.29) is 18.6 Å². The number of nitrogens with one attached hydrogen (secondary N) is 3. The van der Waals surface area contributed by atoms with Gasteiger partial charge in [0, 0.05) is 18.8 Å². The normalized spacial score (nSPS) is 10.8. The van der Waals surface area contributed by atoms with Crippen LogP contribution in [0.15, 0.2) is 47.6 Å². The standard InChI is InChI=1S/C27H36N4O7/c1-5-35-22-11-9-21(10-12-22)30-25(32)18-38-23-13-8-20(16-24(23)36-6-2)17-29-31-27(34)26(33)28-14-7-15-37-19(3)4/h8-13,16-17,19H,5-7,14-15,18H2,1-4H3,(H,28,33)(H,30,32)(H,31,34)/b29-17-. The molecule has 0 bridgehead atoms. The molecule has 0 saturated heterocycles. The number of hydrogen-bond donors (Lipinski definition) is 3. The third kappa shape index (κ3) is 11.3. The highest BCUT2D eigenvalue weighted by atomic mass is 16.5. The minimum atomic E-state index is -0.880. The summed E-state index contributed by atoms with van der Waals surface area (Å²) in [6.45, 7) is 9.08. The Hall–Kier alpha value is -4.12. The highest BCUT2D eigenvalue weighted by molar-refractivity contribution is 6.35. The third-order valence-corrected chi connectivity index (χ3v) is 4.72. The predicted molar refractivity (Wildman–Crippen MR) is 144 cm³/mol. The van der Waals surface area contributed by atoms with Gasteiger partial charge in [-0.15, -0.1) is 0 Å². The van der Waals surface area contributed by atoms with Crippen LogP contribution in [0, 0.1) is 0 Å². The molecule has 0 unspecified atom stereocenters. The summed E-state index contributed by atoms with van der Waals surface area (Å²) in [7, 11) is 0. The van der Waals surface area contributed by atoms with Crippen LogP contribution < -0.4 is 30.3 Å². The number of ether oxygens (including phenoxy) is 4. The SMILES string of the molecule is CCOc1ccc(NC(=O)COc2ccc(/C=N\NC(=O)C(=O)NCCCOC(C)C)cc2OCC)cc1. The van der Waals surface area contributed by atoms with Crippen LogP contribution in [0.4, 0.5) is 5.69 Å². The maximum absolute atomic E-state index is 12.3. The second kappa shape index (κ2) is 16.6. The maximum atomic E-state index is 12.3. The molecule has 0 saturated carbocycles. The first-order valence-electron chi connectivity index (χ1n) is 12.5. The molecule has 0 atom stereocenters. The summed E-state index contributed by atoms with van der Waals surface area (Å²) in [5.74, 6) is -0.509. The van der Waals surface area contributed by atoms with Gasteiger partial charge in [0.15, 0.2) is 18.1 Å². The van der Waals surface area contributed by atoms with Crippen molar-refractivity contribution in [3.8, 4) is 17.2 Å². The predicted octanol–water partition coefficient (Wildman–Crippen LogP) is 2.88. The summed E-state index contributed by atoms with van der Waals surface area (Å²) in [5, 5.41) is 9.08. The zero-order valence-electron chi connectivity index (χ0n) is 22.2. The quantitative estimate of drug-likeness (QED) is 0.140. The number of nitrogens with zero attached hydrogens (tertiary/aromatic N) is 1. The molecule has 38 heavy (non-hydrogen) atoms. The number of benzene rings is 2. The van der Waals surface area contributed by atoms with Gasteiger partial charge in [-0.25, -0.2) is 5.43 Å². The van der Waals surface area contributed by atoms with Gasteiger partial charge in [0.2, 0.25) is 0 Å². The zero-order chi connectivity index (χ0) is 27.8. The molecule has 0 spiro atoms. The Morgan fingerprint density at radius 2 is 1.66 bits per heavy atom. The average Bonchev–Trinajstić information content (AvgIpc) is 2.89. The number of rotatable bonds is 15. The Morgan fingerprint density at radius 3 is 2.34 bits per heavy atom. The van der Waals surface area contributed by atoms with E-state index < -0.39 is 11.8 Å². The second-order valence-electron chi connectivity index (χ2n) is 8.16. The van der Waals surface area contributed by atoms with Crippen molar-refractivity contribution in [3.63, 3.8) is 0 Å². The molecule has 11 nitrogen and oxygen atoms in total. The summed E-state index contributed by atoms with van der Waals surface area (Å²) >= 11 is 0. The van der Waals surface area contributed by atoms with Crippen molar-refractivity contribution in [1.29, 1.82) is 0 Å². The summed E-state index contributed by atoms with van der Waals surface area (Å²) in [4.78, 5) is 36.0. The Morgan fingerprint density at radius 1 is 0.921 bits per heavy atom. The molecule has 11 heteroatoms. The smallest absolute Gasteiger partial charge is 0.329 e. The number of hydrogen-bond acceptors (Lipinski definition) is 8. The average molecular weight is 529 g/mol. The van der Waals surface area contributed by atoms with Crippen molar-refractivity contribution in [2.24, 2.45) is 5.10 Å². The molecular weight excluding hydrogens is 492 g/mol. The van der Waals surface area contributed by atoms with Crippen LogP contribution in [0.25, 0.3) is 0 Å². The van der Waals surface area contributed by atoms with Crippen LogP contribution in [-0.2, 0) is 19.1 Å². The van der Waals surface area contributed by atoms with Crippen molar-refractivity contribution in [2.75, 3.05) is 38.3 Å². The van der Waals surface area contributed by atoms with Crippen LogP contribution in [0.1, 0.15) is 39.7 Å². The summed E-state index contributed by atoms with van der Waals surface area (Å²) < 4.78 is 22.0. The molecule has 0 aliphatic rings. The number of carbonyl (C=O) groups excluding carboxylic acids is 3. The van der Waals surface area contributed by atoms with E-state index in [9.17, 15) is 14.4 Å². The minimum Gasteiger partial charge on any atom is -0.494 e. The van der Waals surface area contributed by atoms with Crippen LogP contribution in [0.5, 0.6) is 17.2 Å². The topological polar surface area (TPSA) is 137 Å². The second-order valence-corrected chi connectivity index (χ2v) is 8.16. The highest BCUT2D eigenvalue weighted by Gasteiger charge is 2.12. The first-order valence-corrected chi connectivity index (χ1v) is 12.5. The van der Waals surface area contributed by atoms with Gasteiger partial charge in [0.25, 0.3) is 5.91 Å². The fourth-order valence-electron chi connectivity index (χ4n) is 3.02. The molecule has 2 aromatic rings. The Balaban J connectivity index is 1.85. The maximum Gasteiger partial charge on any atom is 0.329 e. The van der Waals surface area contributed by atoms with Gasteiger partial charge in [-0.05, 0) is 82.1 Å². The molecule has 0 aliphatic heterocycles. The Labute approximate surface area is 222 Å². The molecule has 2 aromatic carbocycles. The first-order chi connectivity index (χ1) is 18.3. The fourth-order valence-corrected chi connectivity index (χ4v) is 3.02. The van der Waals surface area contributed by atoms with E-state index in [0.29, 0.717) is 55.5 Å². The van der Waals surface area contributed by atoms with Crippen LogP contribution in [0.2, 0.25) is 0 Å². The van der Waals surface area contributed by atoms with Gasteiger partial charge < -0.3 is 29.6 Å². The number of amides is 3. The number of carbonyl (C=O) groups is 3. The van der Waals surface area contributed by atoms with E-state index in [1.165, 1.54) is 6.21 Å². The minimum absolute atomic E-state index is 0.113. The van der Waals surface area contributed by atoms with Gasteiger partial charge >= 0.3 is 11.8 Å². The Bertz CT molecular complexity index is 1070. The third-order valence-electron chi connectivity index (χ3n) is 4.72. The van der Waals surface area contributed by atoms with Gasteiger partial charge in [0.1, 0.15) is 5.75 Å². The van der Waals surface area contributed by atoms with Gasteiger partial charge in [-0.1, -0.05) is 0 Å². The molecule has 2 rings (SSSR count). The number of anilines is 1. The first kappa shape index (κ1) is 30.1. The van der Waals surface area contributed by atoms with Gasteiger partial charge in [-0.3, -0.25) is 14.4 Å². The lowest BCUT2D eigenvalue weighted by atomic mass is 10.2. The van der Waals surface area contributed by atoms with Crippen molar-refractivity contribution >= 4 is 29.6 Å². The van der Waals surface area contributed by atoms with Crippen LogP contribution in [-0.4, -0.2) is 63.0 Å². The summed E-state index contributed by atoms with van der Waals surface area (Å²) in [6.07, 6.45) is 2.08. The molecular formula is C27H36N4O7. The van der Waals surface area contributed by atoms with E-state index >= 15 is 0 Å². The molecule has 0 aromatic heterocycles. The molecule has 206 valence electrons. The monoisotopic (exact) mass is 528 g/mol. The molecule has 0 heterocycles. The van der Waals surface area contributed by atoms with Crippen LogP contribution >= 0.6 is 0 Å². The van der Waals surface area contributed by atoms with E-state index in [0.717, 1.165) is 5.75 Å². The lowest BCUT2D eigenvalue weighted by molar-refractivity contribution is -0.139. The van der Waals surface area contributed by atoms with Gasteiger partial charge in [-0.2, -0.15) is 5.10 Å². The summed E-state index contributed by atoms with van der Waals surface area (Å²) in [5.41, 5.74) is 3.39. The molecule has 0 aliphatic carbocycles. The van der Waals surface area contributed by atoms with Crippen molar-refractivity contribution in [3.05, 3.63) is 48.0 Å². The van der Waals surface area contributed by atoms with Crippen molar-refractivity contribution in [2.45, 2.75) is 40.2 Å². The zero-order valence-corrected chi connectivity index (χ0v) is 22.2. The van der Waals surface area contributed by atoms with E-state index in [1.54, 1.807) is 42.5 Å². The van der Waals surface area contributed by atoms with Crippen molar-refractivity contribution in [1.82, 2.24) is 10.7 Å². The van der Waals surface area contributed by atoms with E-state index in [1.807, 2.05) is 27.7 Å². The van der Waals surface area contributed by atoms with E-state index in [4.69, 9.17) is 18.9 Å². The lowest BCUT2D eigenvalue weighted by Gasteiger charge is -2.13. The summed E-state index contributed by atoms with van der Waals surface area (Å²) in [6, 6.07) is 12.0. The number of hydrazone groups is 1. The fraction of sp³-hybridized carbons (Fsp3) is 0.407. The Kier molecular flexibility index (Phi) is 13.1. The molecule has 0 radical (unpaired) electrons. The van der Waals surface area contributed by atoms with E-state index in [2.05, 4.69) is 21.2 Å². The highest BCUT2D eigenvalue weighted by Crippen LogP contribution is 2.28. The largest absolute Gasteiger partial charge is 0.494 e. The molecule has 3 N–H and O–H groups in total. The van der Waals surface area contributed by atoms with Crippen molar-refractivity contribution < 1.29 is 33.3 Å². The van der Waals surface area contributed by atoms with Crippen LogP contribution in [0.3, 0.4) is 0 Å².